The van der Waals surface area contributed by atoms with E-state index >= 15 is 0 Å². The molecule has 18 heavy (non-hydrogen) atoms. The molecule has 0 unspecified atom stereocenters. The Morgan fingerprint density at radius 3 is 2.56 bits per heavy atom. The van der Waals surface area contributed by atoms with Gasteiger partial charge in [0.05, 0.1) is 12.0 Å². The highest BCUT2D eigenvalue weighted by Gasteiger charge is 2.45. The molecule has 2 rings (SSSR count). The van der Waals surface area contributed by atoms with Crippen LogP contribution < -0.4 is 4.90 Å². The summed E-state index contributed by atoms with van der Waals surface area (Å²) < 4.78 is 0. The third-order valence-corrected chi connectivity index (χ3v) is 4.10. The molecule has 1 fully saturated rings. The second kappa shape index (κ2) is 4.73. The van der Waals surface area contributed by atoms with Crippen LogP contribution >= 0.6 is 0 Å². The van der Waals surface area contributed by atoms with Crippen molar-refractivity contribution in [2.24, 2.45) is 5.41 Å². The van der Waals surface area contributed by atoms with Gasteiger partial charge in [-0.15, -0.1) is 0 Å². The van der Waals surface area contributed by atoms with Crippen LogP contribution in [-0.4, -0.2) is 24.7 Å². The Kier molecular flexibility index (Phi) is 3.44. The fraction of sp³-hybridized carbons (Fsp3) is 0.533. The van der Waals surface area contributed by atoms with Gasteiger partial charge >= 0.3 is 0 Å². The maximum atomic E-state index is 12.5. The number of anilines is 1. The number of aryl methyl sites for hydroxylation is 2. The van der Waals surface area contributed by atoms with Gasteiger partial charge < -0.3 is 10.0 Å². The van der Waals surface area contributed by atoms with Crippen LogP contribution in [-0.2, 0) is 4.79 Å². The number of carbonyl (C=O) groups is 1. The van der Waals surface area contributed by atoms with Gasteiger partial charge in [0, 0.05) is 12.7 Å². The summed E-state index contributed by atoms with van der Waals surface area (Å²) >= 11 is 0. The van der Waals surface area contributed by atoms with Gasteiger partial charge in [0.2, 0.25) is 5.91 Å². The number of nitrogens with zero attached hydrogens (tertiary/aromatic N) is 1. The predicted octanol–water partition coefficient (Wildman–Crippen LogP) is 2.43. The molecule has 1 aliphatic carbocycles. The summed E-state index contributed by atoms with van der Waals surface area (Å²) in [6.45, 7) is 3.98. The Hall–Kier alpha value is -1.35. The zero-order chi connectivity index (χ0) is 13.3. The van der Waals surface area contributed by atoms with Crippen LogP contribution in [0.1, 0.15) is 30.4 Å². The first kappa shape index (κ1) is 13.1. The first-order valence-corrected chi connectivity index (χ1v) is 6.46. The molecule has 0 radical (unpaired) electrons. The minimum Gasteiger partial charge on any atom is -0.395 e. The lowest BCUT2D eigenvalue weighted by molar-refractivity contribution is -0.136. The molecule has 0 aromatic heterocycles. The molecule has 1 aromatic rings. The molecule has 3 heteroatoms. The zero-order valence-corrected chi connectivity index (χ0v) is 11.4. The van der Waals surface area contributed by atoms with E-state index in [0.717, 1.165) is 36.1 Å². The van der Waals surface area contributed by atoms with Gasteiger partial charge in [-0.1, -0.05) is 18.6 Å². The van der Waals surface area contributed by atoms with E-state index in [1.807, 2.05) is 32.0 Å². The number of rotatable bonds is 3. The van der Waals surface area contributed by atoms with Crippen LogP contribution in [0, 0.1) is 19.3 Å². The number of hydrogen-bond acceptors (Lipinski definition) is 2. The minimum absolute atomic E-state index is 0.0406. The summed E-state index contributed by atoms with van der Waals surface area (Å²) in [6.07, 6.45) is 2.64. The second-order valence-electron chi connectivity index (χ2n) is 5.45. The van der Waals surface area contributed by atoms with Crippen molar-refractivity contribution in [2.75, 3.05) is 18.6 Å². The minimum atomic E-state index is -0.523. The third kappa shape index (κ3) is 2.03. The number of benzene rings is 1. The van der Waals surface area contributed by atoms with E-state index in [9.17, 15) is 9.90 Å². The largest absolute Gasteiger partial charge is 0.395 e. The van der Waals surface area contributed by atoms with E-state index in [0.29, 0.717) is 0 Å². The van der Waals surface area contributed by atoms with E-state index in [4.69, 9.17) is 0 Å². The van der Waals surface area contributed by atoms with Gasteiger partial charge in [0.15, 0.2) is 0 Å². The van der Waals surface area contributed by atoms with Crippen molar-refractivity contribution in [1.29, 1.82) is 0 Å². The highest BCUT2D eigenvalue weighted by atomic mass is 16.3. The first-order chi connectivity index (χ1) is 8.50. The van der Waals surface area contributed by atoms with E-state index in [1.165, 1.54) is 0 Å². The van der Waals surface area contributed by atoms with Gasteiger partial charge in [-0.05, 0) is 43.9 Å². The molecule has 1 aromatic carbocycles. The molecular weight excluding hydrogens is 226 g/mol. The van der Waals surface area contributed by atoms with Crippen molar-refractivity contribution in [3.8, 4) is 0 Å². The fourth-order valence-electron chi connectivity index (χ4n) is 2.59. The van der Waals surface area contributed by atoms with Crippen LogP contribution in [0.5, 0.6) is 0 Å². The number of hydrogen-bond donors (Lipinski definition) is 1. The maximum absolute atomic E-state index is 12.5. The summed E-state index contributed by atoms with van der Waals surface area (Å²) in [4.78, 5) is 14.2. The molecule has 0 aliphatic heterocycles. The summed E-state index contributed by atoms with van der Waals surface area (Å²) in [5, 5.41) is 9.48. The number of aliphatic hydroxyl groups excluding tert-OH is 1. The summed E-state index contributed by atoms with van der Waals surface area (Å²) in [7, 11) is 1.81. The van der Waals surface area contributed by atoms with Crippen molar-refractivity contribution in [2.45, 2.75) is 33.1 Å². The highest BCUT2D eigenvalue weighted by Crippen LogP contribution is 2.42. The predicted molar refractivity (Wildman–Crippen MR) is 72.7 cm³/mol. The monoisotopic (exact) mass is 247 g/mol. The normalized spacial score (nSPS) is 17.1. The van der Waals surface area contributed by atoms with Crippen molar-refractivity contribution >= 4 is 11.6 Å². The Bertz CT molecular complexity index is 458. The lowest BCUT2D eigenvalue weighted by atomic mass is 9.68. The van der Waals surface area contributed by atoms with Crippen LogP contribution in [0.15, 0.2) is 18.2 Å². The number of amides is 1. The molecule has 0 atom stereocenters. The standard InChI is InChI=1S/C15H21NO2/c1-11-5-6-12(2)13(9-11)16(3)14(18)15(10-17)7-4-8-15/h5-6,9,17H,4,7-8,10H2,1-3H3. The van der Waals surface area contributed by atoms with E-state index in [-0.39, 0.29) is 12.5 Å². The molecule has 0 bridgehead atoms. The zero-order valence-electron chi connectivity index (χ0n) is 11.4. The molecule has 1 saturated carbocycles. The van der Waals surface area contributed by atoms with Crippen LogP contribution in [0.3, 0.4) is 0 Å². The molecular formula is C15H21NO2. The van der Waals surface area contributed by atoms with Gasteiger partial charge in [0.1, 0.15) is 0 Å². The Morgan fingerprint density at radius 1 is 1.39 bits per heavy atom. The number of carbonyl (C=O) groups excluding carboxylic acids is 1. The van der Waals surface area contributed by atoms with Crippen LogP contribution in [0.2, 0.25) is 0 Å². The van der Waals surface area contributed by atoms with Gasteiger partial charge in [-0.3, -0.25) is 4.79 Å². The van der Waals surface area contributed by atoms with E-state index < -0.39 is 5.41 Å². The van der Waals surface area contributed by atoms with Gasteiger partial charge in [-0.25, -0.2) is 0 Å². The van der Waals surface area contributed by atoms with Gasteiger partial charge in [0.25, 0.3) is 0 Å². The van der Waals surface area contributed by atoms with Crippen LogP contribution in [0.4, 0.5) is 5.69 Å². The molecule has 0 spiro atoms. The fourth-order valence-corrected chi connectivity index (χ4v) is 2.59. The van der Waals surface area contributed by atoms with E-state index in [2.05, 4.69) is 0 Å². The summed E-state index contributed by atoms with van der Waals surface area (Å²) in [5.74, 6) is 0.0463. The van der Waals surface area contributed by atoms with Crippen molar-refractivity contribution in [3.63, 3.8) is 0 Å². The van der Waals surface area contributed by atoms with Gasteiger partial charge in [-0.2, -0.15) is 0 Å². The molecule has 0 saturated heterocycles. The third-order valence-electron chi connectivity index (χ3n) is 4.10. The average molecular weight is 247 g/mol. The smallest absolute Gasteiger partial charge is 0.235 e. The van der Waals surface area contributed by atoms with Crippen molar-refractivity contribution in [3.05, 3.63) is 29.3 Å². The quantitative estimate of drug-likeness (QED) is 0.891. The summed E-state index contributed by atoms with van der Waals surface area (Å²) in [5.41, 5.74) is 2.65. The highest BCUT2D eigenvalue weighted by molar-refractivity contribution is 5.98. The molecule has 98 valence electrons. The Labute approximate surface area is 108 Å². The lowest BCUT2D eigenvalue weighted by Crippen LogP contribution is -2.49. The molecule has 0 heterocycles. The SMILES string of the molecule is Cc1ccc(C)c(N(C)C(=O)C2(CO)CCC2)c1. The average Bonchev–Trinajstić information content (AvgIpc) is 2.30. The second-order valence-corrected chi connectivity index (χ2v) is 5.45. The summed E-state index contributed by atoms with van der Waals surface area (Å²) in [6, 6.07) is 6.10. The Morgan fingerprint density at radius 2 is 2.06 bits per heavy atom. The van der Waals surface area contributed by atoms with Crippen molar-refractivity contribution < 1.29 is 9.90 Å². The molecule has 1 amide bonds. The maximum Gasteiger partial charge on any atom is 0.235 e. The topological polar surface area (TPSA) is 40.5 Å². The molecule has 1 aliphatic rings. The van der Waals surface area contributed by atoms with Crippen LogP contribution in [0.25, 0.3) is 0 Å². The molecule has 3 nitrogen and oxygen atoms in total. The lowest BCUT2D eigenvalue weighted by Gasteiger charge is -2.41. The van der Waals surface area contributed by atoms with E-state index in [1.54, 1.807) is 11.9 Å². The molecule has 1 N–H and O–H groups in total. The first-order valence-electron chi connectivity index (χ1n) is 6.46. The van der Waals surface area contributed by atoms with Crippen molar-refractivity contribution in [1.82, 2.24) is 0 Å². The Balaban J connectivity index is 2.28. The number of aliphatic hydroxyl groups is 1.